The summed E-state index contributed by atoms with van der Waals surface area (Å²) >= 11 is 12.2. The summed E-state index contributed by atoms with van der Waals surface area (Å²) < 4.78 is 42.2. The van der Waals surface area contributed by atoms with Gasteiger partial charge in [-0.25, -0.2) is 12.8 Å². The van der Waals surface area contributed by atoms with E-state index in [1.807, 2.05) is 20.8 Å². The third-order valence-corrected chi connectivity index (χ3v) is 8.20. The molecule has 0 aliphatic heterocycles. The number of carbonyl (C=O) groups excluding carboxylic acids is 2. The Hall–Kier alpha value is -3.14. The average molecular weight is 609 g/mol. The number of sulfonamides is 1. The average Bonchev–Trinajstić information content (AvgIpc) is 2.87. The lowest BCUT2D eigenvalue weighted by Crippen LogP contribution is -2.55. The Bertz CT molecular complexity index is 1440. The molecule has 214 valence electrons. The van der Waals surface area contributed by atoms with Crippen molar-refractivity contribution in [1.82, 2.24) is 10.2 Å². The predicted octanol–water partition coefficient (Wildman–Crippen LogP) is 6.05. The van der Waals surface area contributed by atoms with Gasteiger partial charge in [-0.2, -0.15) is 0 Å². The largest absolute Gasteiger partial charge is 0.350 e. The van der Waals surface area contributed by atoms with Gasteiger partial charge in [0.1, 0.15) is 18.4 Å². The van der Waals surface area contributed by atoms with E-state index in [1.54, 1.807) is 19.1 Å². The maximum absolute atomic E-state index is 14.0. The Morgan fingerprint density at radius 2 is 1.57 bits per heavy atom. The van der Waals surface area contributed by atoms with E-state index in [0.29, 0.717) is 10.6 Å². The molecule has 11 heteroatoms. The number of hydrogen-bond acceptors (Lipinski definition) is 4. The molecule has 0 aliphatic carbocycles. The van der Waals surface area contributed by atoms with Crippen LogP contribution in [0.15, 0.2) is 77.7 Å². The van der Waals surface area contributed by atoms with Crippen molar-refractivity contribution in [3.8, 4) is 0 Å². The van der Waals surface area contributed by atoms with E-state index >= 15 is 0 Å². The molecule has 0 bridgehead atoms. The van der Waals surface area contributed by atoms with Crippen LogP contribution in [-0.2, 0) is 26.2 Å². The van der Waals surface area contributed by atoms with E-state index in [0.717, 1.165) is 4.31 Å². The van der Waals surface area contributed by atoms with E-state index < -0.39 is 39.9 Å². The molecular formula is C29H32Cl2FN3O4S. The fraction of sp³-hybridized carbons (Fsp3) is 0.310. The maximum atomic E-state index is 14.0. The molecule has 0 radical (unpaired) electrons. The second kappa shape index (κ2) is 13.0. The Balaban J connectivity index is 2.07. The first-order chi connectivity index (χ1) is 18.7. The van der Waals surface area contributed by atoms with Crippen molar-refractivity contribution in [2.45, 2.75) is 57.1 Å². The van der Waals surface area contributed by atoms with Crippen molar-refractivity contribution in [3.63, 3.8) is 0 Å². The van der Waals surface area contributed by atoms with Crippen LogP contribution in [0, 0.1) is 5.82 Å². The van der Waals surface area contributed by atoms with Gasteiger partial charge < -0.3 is 10.2 Å². The molecule has 0 aliphatic rings. The smallest absolute Gasteiger partial charge is 0.264 e. The Morgan fingerprint density at radius 3 is 2.12 bits per heavy atom. The second-order valence-electron chi connectivity index (χ2n) is 10.3. The first kappa shape index (κ1) is 31.4. The monoisotopic (exact) mass is 607 g/mol. The predicted molar refractivity (Wildman–Crippen MR) is 156 cm³/mol. The molecule has 7 nitrogen and oxygen atoms in total. The standard InChI is InChI=1S/C29H32Cl2FN3O4S/c1-5-26(28(37)33-29(2,3)4)34(18-20-9-13-23(32)14-10-20)27(36)19-35(24-8-6-7-22(31)17-24)40(38,39)25-15-11-21(30)12-16-25/h6-17,26H,5,18-19H2,1-4H3,(H,33,37)/t26-/m0/s1. The molecule has 1 atom stereocenters. The summed E-state index contributed by atoms with van der Waals surface area (Å²) in [6.45, 7) is 6.57. The normalized spacial score (nSPS) is 12.5. The molecule has 0 saturated heterocycles. The molecule has 1 N–H and O–H groups in total. The highest BCUT2D eigenvalue weighted by Gasteiger charge is 2.34. The molecule has 0 saturated carbocycles. The highest BCUT2D eigenvalue weighted by molar-refractivity contribution is 7.92. The molecule has 0 spiro atoms. The van der Waals surface area contributed by atoms with E-state index in [4.69, 9.17) is 23.2 Å². The van der Waals surface area contributed by atoms with Crippen LogP contribution in [0.5, 0.6) is 0 Å². The third-order valence-electron chi connectivity index (χ3n) is 5.93. The number of halogens is 3. The van der Waals surface area contributed by atoms with Crippen LogP contribution in [0.2, 0.25) is 10.0 Å². The SMILES string of the molecule is CC[C@@H](C(=O)NC(C)(C)C)N(Cc1ccc(F)cc1)C(=O)CN(c1cccc(Cl)c1)S(=O)(=O)c1ccc(Cl)cc1. The molecule has 40 heavy (non-hydrogen) atoms. The topological polar surface area (TPSA) is 86.8 Å². The molecule has 0 aromatic heterocycles. The van der Waals surface area contributed by atoms with Crippen LogP contribution in [0.3, 0.4) is 0 Å². The first-order valence-corrected chi connectivity index (χ1v) is 14.8. The van der Waals surface area contributed by atoms with Crippen molar-refractivity contribution in [2.24, 2.45) is 0 Å². The second-order valence-corrected chi connectivity index (χ2v) is 13.0. The van der Waals surface area contributed by atoms with Crippen LogP contribution in [0.4, 0.5) is 10.1 Å². The summed E-state index contributed by atoms with van der Waals surface area (Å²) in [5.41, 5.74) is 0.177. The van der Waals surface area contributed by atoms with Gasteiger partial charge in [0.15, 0.2) is 0 Å². The maximum Gasteiger partial charge on any atom is 0.264 e. The van der Waals surface area contributed by atoms with E-state index in [1.165, 1.54) is 65.6 Å². The summed E-state index contributed by atoms with van der Waals surface area (Å²) in [6.07, 6.45) is 0.260. The lowest BCUT2D eigenvalue weighted by molar-refractivity contribution is -0.141. The van der Waals surface area contributed by atoms with Crippen LogP contribution in [0.1, 0.15) is 39.7 Å². The molecule has 3 aromatic rings. The van der Waals surface area contributed by atoms with Gasteiger partial charge in [-0.05, 0) is 87.4 Å². The van der Waals surface area contributed by atoms with Gasteiger partial charge in [0.05, 0.1) is 10.6 Å². The summed E-state index contributed by atoms with van der Waals surface area (Å²) in [5.74, 6) is -1.46. The van der Waals surface area contributed by atoms with Crippen molar-refractivity contribution < 1.29 is 22.4 Å². The lowest BCUT2D eigenvalue weighted by atomic mass is 10.1. The summed E-state index contributed by atoms with van der Waals surface area (Å²) in [5, 5.41) is 3.53. The number of rotatable bonds is 10. The number of nitrogens with one attached hydrogen (secondary N) is 1. The quantitative estimate of drug-likeness (QED) is 0.304. The Labute approximate surface area is 244 Å². The third kappa shape index (κ3) is 8.19. The number of hydrogen-bond donors (Lipinski definition) is 1. The van der Waals surface area contributed by atoms with Crippen molar-refractivity contribution in [3.05, 3.63) is 94.2 Å². The zero-order valence-corrected chi connectivity index (χ0v) is 25.0. The fourth-order valence-electron chi connectivity index (χ4n) is 4.05. The summed E-state index contributed by atoms with van der Waals surface area (Å²) in [7, 11) is -4.26. The Morgan fingerprint density at radius 1 is 0.950 bits per heavy atom. The van der Waals surface area contributed by atoms with E-state index in [2.05, 4.69) is 5.32 Å². The number of nitrogens with zero attached hydrogens (tertiary/aromatic N) is 2. The molecule has 3 rings (SSSR count). The molecule has 0 heterocycles. The van der Waals surface area contributed by atoms with Gasteiger partial charge in [-0.3, -0.25) is 13.9 Å². The first-order valence-electron chi connectivity index (χ1n) is 12.6. The van der Waals surface area contributed by atoms with Crippen LogP contribution >= 0.6 is 23.2 Å². The van der Waals surface area contributed by atoms with Crippen molar-refractivity contribution in [2.75, 3.05) is 10.8 Å². The highest BCUT2D eigenvalue weighted by Crippen LogP contribution is 2.28. The van der Waals surface area contributed by atoms with Crippen molar-refractivity contribution >= 4 is 50.7 Å². The zero-order chi connectivity index (χ0) is 29.7. The number of carbonyl (C=O) groups is 2. The van der Waals surface area contributed by atoms with Gasteiger partial charge in [0, 0.05) is 22.1 Å². The Kier molecular flexibility index (Phi) is 10.2. The number of benzene rings is 3. The van der Waals surface area contributed by atoms with Gasteiger partial charge >= 0.3 is 0 Å². The van der Waals surface area contributed by atoms with E-state index in [-0.39, 0.29) is 34.5 Å². The minimum absolute atomic E-state index is 0.0421. The minimum Gasteiger partial charge on any atom is -0.350 e. The van der Waals surface area contributed by atoms with Gasteiger partial charge in [0.25, 0.3) is 10.0 Å². The minimum atomic E-state index is -4.26. The van der Waals surface area contributed by atoms with Crippen molar-refractivity contribution in [1.29, 1.82) is 0 Å². The number of anilines is 1. The molecule has 0 fully saturated rings. The number of amides is 2. The van der Waals surface area contributed by atoms with Gasteiger partial charge in [-0.1, -0.05) is 48.3 Å². The van der Waals surface area contributed by atoms with Gasteiger partial charge in [0.2, 0.25) is 11.8 Å². The zero-order valence-electron chi connectivity index (χ0n) is 22.7. The van der Waals surface area contributed by atoms with Crippen LogP contribution in [0.25, 0.3) is 0 Å². The molecule has 2 amide bonds. The molecular weight excluding hydrogens is 576 g/mol. The highest BCUT2D eigenvalue weighted by atomic mass is 35.5. The fourth-order valence-corrected chi connectivity index (χ4v) is 5.77. The van der Waals surface area contributed by atoms with Gasteiger partial charge in [-0.15, -0.1) is 0 Å². The summed E-state index contributed by atoms with van der Waals surface area (Å²) in [6, 6.07) is 16.4. The summed E-state index contributed by atoms with van der Waals surface area (Å²) in [4.78, 5) is 28.5. The molecule has 0 unspecified atom stereocenters. The van der Waals surface area contributed by atoms with Crippen LogP contribution < -0.4 is 9.62 Å². The van der Waals surface area contributed by atoms with E-state index in [9.17, 15) is 22.4 Å². The van der Waals surface area contributed by atoms with Crippen LogP contribution in [-0.4, -0.2) is 43.3 Å². The molecule has 3 aromatic carbocycles. The lowest BCUT2D eigenvalue weighted by Gasteiger charge is -2.34.